The second-order valence-electron chi connectivity index (χ2n) is 4.95. The van der Waals surface area contributed by atoms with Crippen LogP contribution in [0.25, 0.3) is 22.3 Å². The standard InChI is InChI=1S/C17H12N4O2S/c22-15(9-8-13-7-4-10-23-13)18-16-19-17-21(20-16)14(11-24-17)12-5-2-1-3-6-12/h1-11H,(H,18,20,22)/b9-8+. The molecule has 1 aromatic carbocycles. The van der Waals surface area contributed by atoms with Gasteiger partial charge in [-0.15, -0.1) is 16.4 Å². The summed E-state index contributed by atoms with van der Waals surface area (Å²) in [6.07, 6.45) is 4.52. The Bertz CT molecular complexity index is 1000. The molecule has 4 aromatic rings. The van der Waals surface area contributed by atoms with Gasteiger partial charge in [-0.25, -0.2) is 4.52 Å². The molecule has 0 aliphatic heterocycles. The fourth-order valence-electron chi connectivity index (χ4n) is 2.24. The highest BCUT2D eigenvalue weighted by Crippen LogP contribution is 2.25. The maximum Gasteiger partial charge on any atom is 0.250 e. The van der Waals surface area contributed by atoms with E-state index in [4.69, 9.17) is 4.42 Å². The number of amides is 1. The summed E-state index contributed by atoms with van der Waals surface area (Å²) in [5.41, 5.74) is 1.99. The number of nitrogens with zero attached hydrogens (tertiary/aromatic N) is 3. The molecule has 0 spiro atoms. The average Bonchev–Trinajstić information content (AvgIpc) is 3.30. The molecule has 4 rings (SSSR count). The Morgan fingerprint density at radius 2 is 2.08 bits per heavy atom. The van der Waals surface area contributed by atoms with Crippen molar-refractivity contribution in [2.24, 2.45) is 0 Å². The van der Waals surface area contributed by atoms with Crippen molar-refractivity contribution >= 4 is 34.2 Å². The number of benzene rings is 1. The third kappa shape index (κ3) is 2.84. The fourth-order valence-corrected chi connectivity index (χ4v) is 3.07. The highest BCUT2D eigenvalue weighted by atomic mass is 32.1. The summed E-state index contributed by atoms with van der Waals surface area (Å²) in [6, 6.07) is 13.4. The van der Waals surface area contributed by atoms with Gasteiger partial charge in [-0.3, -0.25) is 10.1 Å². The Morgan fingerprint density at radius 3 is 2.88 bits per heavy atom. The quantitative estimate of drug-likeness (QED) is 0.577. The molecule has 0 bridgehead atoms. The van der Waals surface area contributed by atoms with Gasteiger partial charge in [0.15, 0.2) is 0 Å². The van der Waals surface area contributed by atoms with Crippen LogP contribution in [0.3, 0.4) is 0 Å². The molecule has 3 aromatic heterocycles. The molecule has 118 valence electrons. The minimum absolute atomic E-state index is 0.271. The van der Waals surface area contributed by atoms with Gasteiger partial charge in [0.05, 0.1) is 12.0 Å². The van der Waals surface area contributed by atoms with E-state index >= 15 is 0 Å². The number of hydrogen-bond acceptors (Lipinski definition) is 5. The van der Waals surface area contributed by atoms with Gasteiger partial charge in [-0.2, -0.15) is 4.98 Å². The van der Waals surface area contributed by atoms with Gasteiger partial charge in [0.25, 0.3) is 11.9 Å². The van der Waals surface area contributed by atoms with Gasteiger partial charge >= 0.3 is 0 Å². The van der Waals surface area contributed by atoms with Crippen LogP contribution in [0.5, 0.6) is 0 Å². The average molecular weight is 336 g/mol. The number of fused-ring (bicyclic) bond motifs is 1. The van der Waals surface area contributed by atoms with Crippen LogP contribution in [-0.4, -0.2) is 20.5 Å². The number of furan rings is 1. The second kappa shape index (κ2) is 6.13. The molecular formula is C17H12N4O2S. The van der Waals surface area contributed by atoms with Gasteiger partial charge in [-0.1, -0.05) is 30.3 Å². The molecule has 0 atom stereocenters. The van der Waals surface area contributed by atoms with Crippen molar-refractivity contribution < 1.29 is 9.21 Å². The predicted octanol–water partition coefficient (Wildman–Crippen LogP) is 3.70. The van der Waals surface area contributed by atoms with E-state index in [-0.39, 0.29) is 11.9 Å². The lowest BCUT2D eigenvalue weighted by Gasteiger charge is -1.97. The zero-order valence-electron chi connectivity index (χ0n) is 12.4. The van der Waals surface area contributed by atoms with Crippen molar-refractivity contribution in [3.63, 3.8) is 0 Å². The molecule has 0 radical (unpaired) electrons. The largest absolute Gasteiger partial charge is 0.465 e. The molecule has 1 N–H and O–H groups in total. The molecule has 0 unspecified atom stereocenters. The number of nitrogens with one attached hydrogen (secondary N) is 1. The molecule has 0 saturated carbocycles. The Hall–Kier alpha value is -3.19. The maximum atomic E-state index is 11.9. The van der Waals surface area contributed by atoms with Crippen LogP contribution in [0, 0.1) is 0 Å². The number of anilines is 1. The lowest BCUT2D eigenvalue weighted by Crippen LogP contribution is -2.09. The van der Waals surface area contributed by atoms with Gasteiger partial charge in [0.2, 0.25) is 4.96 Å². The molecule has 3 heterocycles. The first-order chi connectivity index (χ1) is 11.8. The first kappa shape index (κ1) is 14.4. The molecule has 1 amide bonds. The van der Waals surface area contributed by atoms with Gasteiger partial charge in [-0.05, 0) is 18.2 Å². The van der Waals surface area contributed by atoms with Crippen molar-refractivity contribution in [2.45, 2.75) is 0 Å². The summed E-state index contributed by atoms with van der Waals surface area (Å²) >= 11 is 1.47. The van der Waals surface area contributed by atoms with E-state index < -0.39 is 0 Å². The molecule has 6 nitrogen and oxygen atoms in total. The van der Waals surface area contributed by atoms with Crippen molar-refractivity contribution in [2.75, 3.05) is 5.32 Å². The summed E-state index contributed by atoms with van der Waals surface area (Å²) in [5, 5.41) is 9.01. The van der Waals surface area contributed by atoms with E-state index in [1.165, 1.54) is 17.4 Å². The number of rotatable bonds is 4. The fraction of sp³-hybridized carbons (Fsp3) is 0. The molecule has 0 fully saturated rings. The molecule has 0 aliphatic carbocycles. The Morgan fingerprint density at radius 1 is 1.21 bits per heavy atom. The molecule has 24 heavy (non-hydrogen) atoms. The minimum atomic E-state index is -0.314. The predicted molar refractivity (Wildman–Crippen MR) is 92.7 cm³/mol. The van der Waals surface area contributed by atoms with Crippen molar-refractivity contribution in [1.82, 2.24) is 14.6 Å². The zero-order valence-corrected chi connectivity index (χ0v) is 13.2. The van der Waals surface area contributed by atoms with Crippen LogP contribution in [0.4, 0.5) is 5.95 Å². The Kier molecular flexibility index (Phi) is 3.68. The maximum absolute atomic E-state index is 11.9. The van der Waals surface area contributed by atoms with Gasteiger partial charge in [0.1, 0.15) is 5.76 Å². The third-order valence-corrected chi connectivity index (χ3v) is 4.14. The second-order valence-corrected chi connectivity index (χ2v) is 5.79. The SMILES string of the molecule is O=C(/C=C/c1ccco1)Nc1nc2scc(-c3ccccc3)n2n1. The van der Waals surface area contributed by atoms with Crippen LogP contribution in [-0.2, 0) is 4.79 Å². The van der Waals surface area contributed by atoms with Crippen LogP contribution in [0.15, 0.2) is 64.6 Å². The van der Waals surface area contributed by atoms with Crippen LogP contribution < -0.4 is 5.32 Å². The highest BCUT2D eigenvalue weighted by Gasteiger charge is 2.12. The van der Waals surface area contributed by atoms with Gasteiger partial charge in [0, 0.05) is 17.0 Å². The molecule has 0 aliphatic rings. The summed E-state index contributed by atoms with van der Waals surface area (Å²) in [6.45, 7) is 0. The van der Waals surface area contributed by atoms with E-state index in [0.29, 0.717) is 5.76 Å². The number of aromatic nitrogens is 3. The first-order valence-electron chi connectivity index (χ1n) is 7.22. The zero-order chi connectivity index (χ0) is 16.4. The van der Waals surface area contributed by atoms with Crippen LogP contribution in [0.2, 0.25) is 0 Å². The third-order valence-electron chi connectivity index (χ3n) is 3.33. The summed E-state index contributed by atoms with van der Waals surface area (Å²) in [7, 11) is 0. The van der Waals surface area contributed by atoms with E-state index in [9.17, 15) is 4.79 Å². The van der Waals surface area contributed by atoms with Crippen LogP contribution in [0.1, 0.15) is 5.76 Å². The summed E-state index contributed by atoms with van der Waals surface area (Å²) in [4.78, 5) is 17.0. The molecular weight excluding hydrogens is 324 g/mol. The number of hydrogen-bond donors (Lipinski definition) is 1. The Balaban J connectivity index is 1.55. The first-order valence-corrected chi connectivity index (χ1v) is 8.10. The lowest BCUT2D eigenvalue weighted by atomic mass is 10.2. The van der Waals surface area contributed by atoms with E-state index in [2.05, 4.69) is 15.4 Å². The Labute approximate surface area is 141 Å². The van der Waals surface area contributed by atoms with E-state index in [1.54, 1.807) is 29.0 Å². The topological polar surface area (TPSA) is 72.4 Å². The van der Waals surface area contributed by atoms with E-state index in [0.717, 1.165) is 16.2 Å². The van der Waals surface area contributed by atoms with Crippen LogP contribution >= 0.6 is 11.3 Å². The minimum Gasteiger partial charge on any atom is -0.465 e. The van der Waals surface area contributed by atoms with E-state index in [1.807, 2.05) is 35.7 Å². The smallest absolute Gasteiger partial charge is 0.250 e. The summed E-state index contributed by atoms with van der Waals surface area (Å²) in [5.74, 6) is 0.564. The molecule has 0 saturated heterocycles. The molecule has 7 heteroatoms. The lowest BCUT2D eigenvalue weighted by molar-refractivity contribution is -0.111. The van der Waals surface area contributed by atoms with Crippen molar-refractivity contribution in [3.8, 4) is 11.3 Å². The summed E-state index contributed by atoms with van der Waals surface area (Å²) < 4.78 is 6.86. The highest BCUT2D eigenvalue weighted by molar-refractivity contribution is 7.15. The van der Waals surface area contributed by atoms with Crippen molar-refractivity contribution in [1.29, 1.82) is 0 Å². The monoisotopic (exact) mass is 336 g/mol. The van der Waals surface area contributed by atoms with Gasteiger partial charge < -0.3 is 4.42 Å². The number of thiazole rings is 1. The number of carbonyl (C=O) groups excluding carboxylic acids is 1. The normalized spacial score (nSPS) is 11.3. The number of carbonyl (C=O) groups is 1. The van der Waals surface area contributed by atoms with Crippen molar-refractivity contribution in [3.05, 3.63) is 65.9 Å².